The van der Waals surface area contributed by atoms with Crippen LogP contribution >= 0.6 is 0 Å². The van der Waals surface area contributed by atoms with Crippen molar-refractivity contribution < 1.29 is 14.3 Å². The highest BCUT2D eigenvalue weighted by Crippen LogP contribution is 2.22. The summed E-state index contributed by atoms with van der Waals surface area (Å²) in [4.78, 5) is 27.6. The van der Waals surface area contributed by atoms with Crippen molar-refractivity contribution in [3.63, 3.8) is 0 Å². The summed E-state index contributed by atoms with van der Waals surface area (Å²) in [6.07, 6.45) is 0.437. The van der Waals surface area contributed by atoms with E-state index in [2.05, 4.69) is 10.3 Å². The van der Waals surface area contributed by atoms with Crippen LogP contribution in [-0.4, -0.2) is 31.7 Å². The monoisotopic (exact) mass is 366 g/mol. The molecular formula is C21H22N2O4. The van der Waals surface area contributed by atoms with Gasteiger partial charge in [0.1, 0.15) is 11.5 Å². The van der Waals surface area contributed by atoms with Crippen LogP contribution < -0.4 is 20.3 Å². The van der Waals surface area contributed by atoms with Gasteiger partial charge in [-0.15, -0.1) is 0 Å². The number of carbonyl (C=O) groups excluding carboxylic acids is 1. The highest BCUT2D eigenvalue weighted by Gasteiger charge is 2.10. The molecule has 0 aliphatic carbocycles. The molecule has 6 heteroatoms. The molecule has 0 saturated carbocycles. The first-order valence-electron chi connectivity index (χ1n) is 8.64. The fourth-order valence-electron chi connectivity index (χ4n) is 2.97. The fraction of sp³-hybridized carbons (Fsp3) is 0.238. The first kappa shape index (κ1) is 18.5. The minimum atomic E-state index is -0.250. The van der Waals surface area contributed by atoms with E-state index in [1.807, 2.05) is 31.2 Å². The van der Waals surface area contributed by atoms with Crippen LogP contribution in [0.3, 0.4) is 0 Å². The van der Waals surface area contributed by atoms with E-state index in [1.54, 1.807) is 18.2 Å². The van der Waals surface area contributed by atoms with Gasteiger partial charge in [0.05, 0.1) is 19.7 Å². The first-order chi connectivity index (χ1) is 13.0. The van der Waals surface area contributed by atoms with Gasteiger partial charge in [-0.25, -0.2) is 0 Å². The number of rotatable bonds is 6. The van der Waals surface area contributed by atoms with Crippen LogP contribution in [0, 0.1) is 6.92 Å². The van der Waals surface area contributed by atoms with E-state index in [-0.39, 0.29) is 11.5 Å². The van der Waals surface area contributed by atoms with Gasteiger partial charge in [0, 0.05) is 23.7 Å². The smallest absolute Gasteiger partial charge is 0.251 e. The van der Waals surface area contributed by atoms with Gasteiger partial charge in [-0.3, -0.25) is 9.59 Å². The SMILES string of the molecule is COc1cc(OC)cc(C(=O)NCCc2cc3cccc(C)c3[nH]c2=O)c1. The van der Waals surface area contributed by atoms with E-state index in [4.69, 9.17) is 9.47 Å². The number of nitrogens with one attached hydrogen (secondary N) is 2. The molecule has 0 aliphatic rings. The lowest BCUT2D eigenvalue weighted by Gasteiger charge is -2.10. The summed E-state index contributed by atoms with van der Waals surface area (Å²) in [5.74, 6) is 0.835. The van der Waals surface area contributed by atoms with Gasteiger partial charge >= 0.3 is 0 Å². The molecule has 0 saturated heterocycles. The molecule has 0 fully saturated rings. The van der Waals surface area contributed by atoms with Crippen molar-refractivity contribution in [2.45, 2.75) is 13.3 Å². The zero-order chi connectivity index (χ0) is 19.4. The minimum absolute atomic E-state index is 0.130. The van der Waals surface area contributed by atoms with Crippen LogP contribution in [0.1, 0.15) is 21.5 Å². The quantitative estimate of drug-likeness (QED) is 0.703. The zero-order valence-corrected chi connectivity index (χ0v) is 15.6. The lowest BCUT2D eigenvalue weighted by Crippen LogP contribution is -2.27. The number of amides is 1. The van der Waals surface area contributed by atoms with Crippen LogP contribution in [0.4, 0.5) is 0 Å². The Morgan fingerprint density at radius 2 is 1.78 bits per heavy atom. The summed E-state index contributed by atoms with van der Waals surface area (Å²) in [5, 5.41) is 3.81. The maximum atomic E-state index is 12.4. The van der Waals surface area contributed by atoms with E-state index in [0.29, 0.717) is 35.6 Å². The van der Waals surface area contributed by atoms with Crippen molar-refractivity contribution >= 4 is 16.8 Å². The number of carbonyl (C=O) groups is 1. The molecule has 140 valence electrons. The third-order valence-electron chi connectivity index (χ3n) is 4.46. The number of hydrogen-bond acceptors (Lipinski definition) is 4. The second-order valence-electron chi connectivity index (χ2n) is 6.27. The van der Waals surface area contributed by atoms with Gasteiger partial charge < -0.3 is 19.8 Å². The number of hydrogen-bond donors (Lipinski definition) is 2. The van der Waals surface area contributed by atoms with Crippen molar-refractivity contribution in [1.29, 1.82) is 0 Å². The molecule has 0 aliphatic heterocycles. The van der Waals surface area contributed by atoms with Crippen LogP contribution in [-0.2, 0) is 6.42 Å². The molecule has 1 aromatic heterocycles. The molecule has 0 unspecified atom stereocenters. The molecule has 0 bridgehead atoms. The summed E-state index contributed by atoms with van der Waals surface area (Å²) in [5.41, 5.74) is 2.81. The van der Waals surface area contributed by atoms with E-state index in [0.717, 1.165) is 16.5 Å². The number of H-pyrrole nitrogens is 1. The maximum Gasteiger partial charge on any atom is 0.251 e. The number of aromatic nitrogens is 1. The van der Waals surface area contributed by atoms with E-state index in [1.165, 1.54) is 14.2 Å². The Hall–Kier alpha value is -3.28. The van der Waals surface area contributed by atoms with Crippen LogP contribution in [0.5, 0.6) is 11.5 Å². The minimum Gasteiger partial charge on any atom is -0.497 e. The number of aryl methyl sites for hydroxylation is 1. The summed E-state index contributed by atoms with van der Waals surface area (Å²) < 4.78 is 10.4. The molecule has 6 nitrogen and oxygen atoms in total. The average Bonchev–Trinajstić information content (AvgIpc) is 2.68. The van der Waals surface area contributed by atoms with Crippen molar-refractivity contribution in [2.24, 2.45) is 0 Å². The molecule has 0 radical (unpaired) electrons. The predicted molar refractivity (Wildman–Crippen MR) is 105 cm³/mol. The van der Waals surface area contributed by atoms with Crippen molar-refractivity contribution in [1.82, 2.24) is 10.3 Å². The number of fused-ring (bicyclic) bond motifs is 1. The van der Waals surface area contributed by atoms with Gasteiger partial charge in [0.25, 0.3) is 11.5 Å². The Kier molecular flexibility index (Phi) is 5.45. The third-order valence-corrected chi connectivity index (χ3v) is 4.46. The summed E-state index contributed by atoms with van der Waals surface area (Å²) in [6, 6.07) is 12.7. The average molecular weight is 366 g/mol. The Morgan fingerprint density at radius 1 is 1.07 bits per heavy atom. The van der Waals surface area contributed by atoms with E-state index >= 15 is 0 Å². The largest absolute Gasteiger partial charge is 0.497 e. The van der Waals surface area contributed by atoms with Crippen LogP contribution in [0.15, 0.2) is 47.3 Å². The fourth-order valence-corrected chi connectivity index (χ4v) is 2.97. The van der Waals surface area contributed by atoms with Gasteiger partial charge in [0.2, 0.25) is 0 Å². The zero-order valence-electron chi connectivity index (χ0n) is 15.6. The Balaban J connectivity index is 1.71. The van der Waals surface area contributed by atoms with Crippen LogP contribution in [0.25, 0.3) is 10.9 Å². The Morgan fingerprint density at radius 3 is 2.44 bits per heavy atom. The predicted octanol–water partition coefficient (Wildman–Crippen LogP) is 2.83. The van der Waals surface area contributed by atoms with Crippen LogP contribution in [0.2, 0.25) is 0 Å². The van der Waals surface area contributed by atoms with Crippen molar-refractivity contribution in [2.75, 3.05) is 20.8 Å². The summed E-state index contributed by atoms with van der Waals surface area (Å²) >= 11 is 0. The number of aromatic amines is 1. The number of pyridine rings is 1. The highest BCUT2D eigenvalue weighted by molar-refractivity contribution is 5.95. The molecule has 1 amide bonds. The third kappa shape index (κ3) is 4.11. The summed E-state index contributed by atoms with van der Waals surface area (Å²) in [7, 11) is 3.06. The van der Waals surface area contributed by atoms with Gasteiger partial charge in [-0.2, -0.15) is 0 Å². The van der Waals surface area contributed by atoms with E-state index < -0.39 is 0 Å². The first-order valence-corrected chi connectivity index (χ1v) is 8.64. The highest BCUT2D eigenvalue weighted by atomic mass is 16.5. The Bertz CT molecular complexity index is 1020. The molecule has 1 heterocycles. The number of ether oxygens (including phenoxy) is 2. The molecule has 3 rings (SSSR count). The molecule has 3 aromatic rings. The Labute approximate surface area is 157 Å². The number of benzene rings is 2. The number of methoxy groups -OCH3 is 2. The molecular weight excluding hydrogens is 344 g/mol. The molecule has 0 spiro atoms. The molecule has 2 N–H and O–H groups in total. The van der Waals surface area contributed by atoms with Gasteiger partial charge in [0.15, 0.2) is 0 Å². The lowest BCUT2D eigenvalue weighted by atomic mass is 10.1. The topological polar surface area (TPSA) is 80.4 Å². The van der Waals surface area contributed by atoms with Crippen molar-refractivity contribution in [3.8, 4) is 11.5 Å². The lowest BCUT2D eigenvalue weighted by molar-refractivity contribution is 0.0953. The molecule has 0 atom stereocenters. The standard InChI is InChI=1S/C21H22N2O4/c1-13-5-4-6-14-9-15(21(25)23-19(13)14)7-8-22-20(24)16-10-17(26-2)12-18(11-16)27-3/h4-6,9-12H,7-8H2,1-3H3,(H,22,24)(H,23,25). The second-order valence-corrected chi connectivity index (χ2v) is 6.27. The van der Waals surface area contributed by atoms with E-state index in [9.17, 15) is 9.59 Å². The number of para-hydroxylation sites is 1. The molecule has 2 aromatic carbocycles. The van der Waals surface area contributed by atoms with Crippen molar-refractivity contribution in [3.05, 3.63) is 69.5 Å². The normalized spacial score (nSPS) is 10.6. The van der Waals surface area contributed by atoms with Gasteiger partial charge in [-0.05, 0) is 42.5 Å². The summed E-state index contributed by atoms with van der Waals surface area (Å²) in [6.45, 7) is 2.30. The molecule has 27 heavy (non-hydrogen) atoms. The maximum absolute atomic E-state index is 12.4. The van der Waals surface area contributed by atoms with Gasteiger partial charge in [-0.1, -0.05) is 18.2 Å². The second kappa shape index (κ2) is 7.95.